The highest BCUT2D eigenvalue weighted by molar-refractivity contribution is 5.77. The molecule has 1 saturated heterocycles. The number of benzene rings is 1. The van der Waals surface area contributed by atoms with Crippen molar-refractivity contribution in [3.8, 4) is 0 Å². The van der Waals surface area contributed by atoms with Crippen molar-refractivity contribution < 1.29 is 22.7 Å². The van der Waals surface area contributed by atoms with Crippen LogP contribution in [0.3, 0.4) is 0 Å². The molecule has 1 saturated carbocycles. The van der Waals surface area contributed by atoms with Crippen molar-refractivity contribution in [2.75, 3.05) is 32.8 Å². The number of carbonyl (C=O) groups excluding carboxylic acids is 1. The average Bonchev–Trinajstić information content (AvgIpc) is 3.11. The predicted octanol–water partition coefficient (Wildman–Crippen LogP) is 6.93. The number of allylic oxidation sites excluding steroid dienone is 5. The van der Waals surface area contributed by atoms with Crippen molar-refractivity contribution in [1.29, 1.82) is 0 Å². The Morgan fingerprint density at radius 1 is 1.16 bits per heavy atom. The first kappa shape index (κ1) is 31.8. The molecule has 2 aliphatic heterocycles. The largest absolute Gasteiger partial charge is 0.466 e. The second kappa shape index (κ2) is 14.0. The number of halogens is 3. The minimum atomic E-state index is -4.34. The number of rotatable bonds is 8. The zero-order chi connectivity index (χ0) is 30.5. The molecule has 0 radical (unpaired) electrons. The summed E-state index contributed by atoms with van der Waals surface area (Å²) in [6.07, 6.45) is 6.50. The maximum absolute atomic E-state index is 13.5. The fraction of sp³-hybridized carbons (Fsp3) is 0.629. The van der Waals surface area contributed by atoms with E-state index in [-0.39, 0.29) is 11.9 Å². The van der Waals surface area contributed by atoms with Crippen LogP contribution in [0.5, 0.6) is 0 Å². The Balaban J connectivity index is 1.20. The molecule has 2 fully saturated rings. The van der Waals surface area contributed by atoms with Crippen LogP contribution in [0.1, 0.15) is 70.8 Å². The number of nitrogens with one attached hydrogen (secondary N) is 2. The monoisotopic (exact) mass is 599 g/mol. The topological polar surface area (TPSA) is 53.6 Å². The van der Waals surface area contributed by atoms with Gasteiger partial charge in [0.15, 0.2) is 0 Å². The molecule has 0 aromatic heterocycles. The number of alkyl halides is 3. The Kier molecular flexibility index (Phi) is 10.4. The summed E-state index contributed by atoms with van der Waals surface area (Å²) in [5.41, 5.74) is 2.53. The third-order valence-electron chi connectivity index (χ3n) is 10.5. The van der Waals surface area contributed by atoms with Gasteiger partial charge in [-0.05, 0) is 100 Å². The van der Waals surface area contributed by atoms with Gasteiger partial charge in [0.1, 0.15) is 0 Å². The van der Waals surface area contributed by atoms with Crippen LogP contribution in [0.15, 0.2) is 65.4 Å². The number of hydrogen-bond donors (Lipinski definition) is 2. The summed E-state index contributed by atoms with van der Waals surface area (Å²) in [6.45, 7) is 8.51. The SMILES string of the molecule is CCOC(=O)C1(CCN2CCC3CC4=C(C/C=C(C(F)(F)F)\C=C/CN4)[C@H](C)C3C2)CCC(NCc2ccccc2)CC1. The minimum absolute atomic E-state index is 0.0512. The van der Waals surface area contributed by atoms with Gasteiger partial charge in [0, 0.05) is 31.4 Å². The van der Waals surface area contributed by atoms with Gasteiger partial charge in [0.25, 0.3) is 0 Å². The lowest BCUT2D eigenvalue weighted by Crippen LogP contribution is -2.48. The molecule has 2 unspecified atom stereocenters. The van der Waals surface area contributed by atoms with Crippen LogP contribution in [0, 0.1) is 23.2 Å². The molecule has 1 aromatic rings. The molecule has 1 aromatic carbocycles. The molecule has 43 heavy (non-hydrogen) atoms. The Morgan fingerprint density at radius 2 is 1.93 bits per heavy atom. The highest BCUT2D eigenvalue weighted by atomic mass is 19.4. The summed E-state index contributed by atoms with van der Waals surface area (Å²) in [6, 6.07) is 10.8. The maximum atomic E-state index is 13.5. The van der Waals surface area contributed by atoms with Crippen LogP contribution in [-0.4, -0.2) is 55.9 Å². The zero-order valence-electron chi connectivity index (χ0n) is 25.7. The lowest BCUT2D eigenvalue weighted by Gasteiger charge is -2.47. The van der Waals surface area contributed by atoms with Crippen molar-refractivity contribution in [3.05, 3.63) is 71.0 Å². The van der Waals surface area contributed by atoms with Crippen molar-refractivity contribution in [1.82, 2.24) is 15.5 Å². The third kappa shape index (κ3) is 7.75. The van der Waals surface area contributed by atoms with E-state index in [1.807, 2.05) is 13.0 Å². The van der Waals surface area contributed by atoms with Crippen LogP contribution in [0.25, 0.3) is 0 Å². The van der Waals surface area contributed by atoms with Crippen LogP contribution < -0.4 is 10.6 Å². The van der Waals surface area contributed by atoms with Gasteiger partial charge in [0.2, 0.25) is 0 Å². The molecular formula is C35H48F3N3O2. The van der Waals surface area contributed by atoms with Crippen LogP contribution in [0.4, 0.5) is 13.2 Å². The number of ether oxygens (including phenoxy) is 1. The molecule has 2 aliphatic carbocycles. The number of carbonyl (C=O) groups is 1. The lowest BCUT2D eigenvalue weighted by molar-refractivity contribution is -0.159. The van der Waals surface area contributed by atoms with Gasteiger partial charge in [-0.3, -0.25) is 4.79 Å². The van der Waals surface area contributed by atoms with Crippen LogP contribution in [-0.2, 0) is 16.1 Å². The fourth-order valence-electron chi connectivity index (χ4n) is 7.86. The second-order valence-corrected chi connectivity index (χ2v) is 13.0. The molecule has 5 rings (SSSR count). The first-order valence-corrected chi connectivity index (χ1v) is 16.2. The molecule has 0 bridgehead atoms. The molecule has 2 heterocycles. The molecule has 0 spiro atoms. The van der Waals surface area contributed by atoms with Crippen molar-refractivity contribution in [3.63, 3.8) is 0 Å². The van der Waals surface area contributed by atoms with Crippen molar-refractivity contribution in [2.24, 2.45) is 23.2 Å². The predicted molar refractivity (Wildman–Crippen MR) is 164 cm³/mol. The number of likely N-dealkylation sites (tertiary alicyclic amines) is 1. The van der Waals surface area contributed by atoms with E-state index >= 15 is 0 Å². The molecule has 8 heteroatoms. The number of hydrogen-bond acceptors (Lipinski definition) is 5. The first-order chi connectivity index (χ1) is 20.7. The number of fused-ring (bicyclic) bond motifs is 1. The van der Waals surface area contributed by atoms with E-state index in [1.165, 1.54) is 17.7 Å². The van der Waals surface area contributed by atoms with Crippen LogP contribution in [0.2, 0.25) is 0 Å². The molecule has 2 N–H and O–H groups in total. The van der Waals surface area contributed by atoms with E-state index in [0.717, 1.165) is 82.4 Å². The van der Waals surface area contributed by atoms with E-state index in [9.17, 15) is 18.0 Å². The maximum Gasteiger partial charge on any atom is 0.416 e. The summed E-state index contributed by atoms with van der Waals surface area (Å²) in [5, 5.41) is 7.14. The van der Waals surface area contributed by atoms with E-state index in [0.29, 0.717) is 37.5 Å². The summed E-state index contributed by atoms with van der Waals surface area (Å²) >= 11 is 0. The highest BCUT2D eigenvalue weighted by Crippen LogP contribution is 2.45. The highest BCUT2D eigenvalue weighted by Gasteiger charge is 2.44. The number of esters is 1. The number of piperidine rings is 1. The second-order valence-electron chi connectivity index (χ2n) is 13.0. The summed E-state index contributed by atoms with van der Waals surface area (Å²) in [4.78, 5) is 15.8. The van der Waals surface area contributed by atoms with E-state index in [4.69, 9.17) is 4.74 Å². The van der Waals surface area contributed by atoms with Crippen molar-refractivity contribution in [2.45, 2.75) is 84.0 Å². The Hall–Kier alpha value is -2.58. The van der Waals surface area contributed by atoms with Gasteiger partial charge in [-0.15, -0.1) is 0 Å². The average molecular weight is 600 g/mol. The normalized spacial score (nSPS) is 32.2. The molecule has 5 nitrogen and oxygen atoms in total. The lowest BCUT2D eigenvalue weighted by atomic mass is 9.67. The van der Waals surface area contributed by atoms with Gasteiger partial charge in [-0.25, -0.2) is 0 Å². The van der Waals surface area contributed by atoms with E-state index in [1.54, 1.807) is 6.08 Å². The van der Waals surface area contributed by atoms with Crippen LogP contribution >= 0.6 is 0 Å². The van der Waals surface area contributed by atoms with E-state index < -0.39 is 17.2 Å². The van der Waals surface area contributed by atoms with Gasteiger partial charge in [0.05, 0.1) is 17.6 Å². The van der Waals surface area contributed by atoms with Gasteiger partial charge in [-0.2, -0.15) is 13.2 Å². The quantitative estimate of drug-likeness (QED) is 0.318. The summed E-state index contributed by atoms with van der Waals surface area (Å²) < 4.78 is 46.2. The zero-order valence-corrected chi connectivity index (χ0v) is 25.7. The molecule has 3 atom stereocenters. The van der Waals surface area contributed by atoms with Gasteiger partial charge in [-0.1, -0.05) is 55.5 Å². The third-order valence-corrected chi connectivity index (χ3v) is 10.5. The van der Waals surface area contributed by atoms with Crippen molar-refractivity contribution >= 4 is 5.97 Å². The Labute approximate surface area is 255 Å². The van der Waals surface area contributed by atoms with E-state index in [2.05, 4.69) is 46.7 Å². The molecule has 0 amide bonds. The molecule has 236 valence electrons. The summed E-state index contributed by atoms with van der Waals surface area (Å²) in [5.74, 6) is 1.09. The Morgan fingerprint density at radius 3 is 2.65 bits per heavy atom. The Bertz CT molecular complexity index is 1180. The van der Waals surface area contributed by atoms with Gasteiger partial charge >= 0.3 is 12.1 Å². The smallest absolute Gasteiger partial charge is 0.416 e. The number of nitrogens with zero attached hydrogens (tertiary/aromatic N) is 1. The molecule has 4 aliphatic rings. The minimum Gasteiger partial charge on any atom is -0.466 e. The fourth-order valence-corrected chi connectivity index (χ4v) is 7.86. The molecular weight excluding hydrogens is 551 g/mol. The van der Waals surface area contributed by atoms with Gasteiger partial charge < -0.3 is 20.3 Å². The standard InChI is InChI=1S/C35H48F3N3O2/c1-3-43-33(42)34(16-13-29(14-17-34)40-23-26-8-5-4-6-9-26)18-21-41-20-15-27-22-32-30(25(2)31(27)24-41)12-11-28(35(36,37)38)10-7-19-39-32/h4-11,25,27,29,31,39-40H,3,12-24H2,1-2H3/b10-7-,28-11+/t25-,27?,29?,31?,34?/m0/s1. The summed E-state index contributed by atoms with van der Waals surface area (Å²) in [7, 11) is 0. The first-order valence-electron chi connectivity index (χ1n) is 16.2.